The fraction of sp³-hybridized carbons (Fsp3) is 0.520. The number of aromatic nitrogens is 4. The maximum Gasteiger partial charge on any atom is 0.410 e. The van der Waals surface area contributed by atoms with E-state index < -0.39 is 5.60 Å². The Morgan fingerprint density at radius 3 is 2.82 bits per heavy atom. The predicted octanol–water partition coefficient (Wildman–Crippen LogP) is 4.66. The first-order valence-electron chi connectivity index (χ1n) is 11.7. The van der Waals surface area contributed by atoms with Crippen LogP contribution >= 0.6 is 0 Å². The number of nitrogens with zero attached hydrogens (tertiary/aromatic N) is 5. The summed E-state index contributed by atoms with van der Waals surface area (Å²) < 4.78 is 7.18. The number of anilines is 1. The summed E-state index contributed by atoms with van der Waals surface area (Å²) in [5.74, 6) is 2.20. The molecule has 3 heterocycles. The number of nitrogens with one attached hydrogen (secondary N) is 1. The SMILES string of the molecule is CC(Cc1ncccc1-c1cnn2ccc(NCCN(C)C(=O)OC(C)(C)C)nc12)C1CC1. The molecule has 0 aliphatic heterocycles. The first-order chi connectivity index (χ1) is 15.7. The second-order valence-corrected chi connectivity index (χ2v) is 9.98. The highest BCUT2D eigenvalue weighted by Gasteiger charge is 2.29. The van der Waals surface area contributed by atoms with Crippen molar-refractivity contribution in [2.45, 2.75) is 52.6 Å². The Balaban J connectivity index is 1.47. The third kappa shape index (κ3) is 5.80. The van der Waals surface area contributed by atoms with Crippen LogP contribution in [0.1, 0.15) is 46.2 Å². The molecule has 1 N–H and O–H groups in total. The molecule has 0 spiro atoms. The van der Waals surface area contributed by atoms with E-state index in [1.54, 1.807) is 16.5 Å². The average Bonchev–Trinajstić information content (AvgIpc) is 3.53. The summed E-state index contributed by atoms with van der Waals surface area (Å²) in [6, 6.07) is 5.96. The van der Waals surface area contributed by atoms with E-state index in [-0.39, 0.29) is 6.09 Å². The normalized spacial score (nSPS) is 14.8. The number of fused-ring (bicyclic) bond motifs is 1. The molecule has 1 atom stereocenters. The molecule has 176 valence electrons. The van der Waals surface area contributed by atoms with Gasteiger partial charge < -0.3 is 15.0 Å². The zero-order valence-electron chi connectivity index (χ0n) is 20.2. The zero-order valence-corrected chi connectivity index (χ0v) is 20.2. The topological polar surface area (TPSA) is 84.7 Å². The Kier molecular flexibility index (Phi) is 6.54. The summed E-state index contributed by atoms with van der Waals surface area (Å²) in [6.07, 6.45) is 8.92. The molecular formula is C25H34N6O2. The molecule has 1 unspecified atom stereocenters. The lowest BCUT2D eigenvalue weighted by Crippen LogP contribution is -2.36. The molecule has 1 aliphatic rings. The highest BCUT2D eigenvalue weighted by molar-refractivity contribution is 5.79. The zero-order chi connectivity index (χ0) is 23.6. The van der Waals surface area contributed by atoms with Crippen molar-refractivity contribution < 1.29 is 9.53 Å². The van der Waals surface area contributed by atoms with Gasteiger partial charge in [-0.05, 0) is 64.0 Å². The highest BCUT2D eigenvalue weighted by Crippen LogP contribution is 2.39. The summed E-state index contributed by atoms with van der Waals surface area (Å²) in [5, 5.41) is 7.81. The van der Waals surface area contributed by atoms with Crippen LogP contribution in [0, 0.1) is 11.8 Å². The van der Waals surface area contributed by atoms with Crippen molar-refractivity contribution in [2.75, 3.05) is 25.5 Å². The van der Waals surface area contributed by atoms with Crippen LogP contribution in [0.15, 0.2) is 36.8 Å². The molecular weight excluding hydrogens is 416 g/mol. The van der Waals surface area contributed by atoms with E-state index >= 15 is 0 Å². The maximum absolute atomic E-state index is 12.1. The highest BCUT2D eigenvalue weighted by atomic mass is 16.6. The molecule has 0 bridgehead atoms. The van der Waals surface area contributed by atoms with E-state index in [9.17, 15) is 4.79 Å². The molecule has 0 radical (unpaired) electrons. The molecule has 4 rings (SSSR count). The van der Waals surface area contributed by atoms with Crippen LogP contribution in [0.3, 0.4) is 0 Å². The van der Waals surface area contributed by atoms with Crippen LogP contribution in [0.5, 0.6) is 0 Å². The number of likely N-dealkylation sites (N-methyl/N-ethyl adjacent to an activating group) is 1. The number of carbonyl (C=O) groups excluding carboxylic acids is 1. The standard InChI is InChI=1S/C25H34N6O2/c1-17(18-8-9-18)15-21-19(7-6-11-26-21)20-16-28-31-13-10-22(29-23(20)31)27-12-14-30(5)24(32)33-25(2,3)4/h6-7,10-11,13,16-18H,8-9,12,14-15H2,1-5H3,(H,27,29). The van der Waals surface area contributed by atoms with Crippen LogP contribution < -0.4 is 5.32 Å². The van der Waals surface area contributed by atoms with Gasteiger partial charge in [0.2, 0.25) is 0 Å². The first kappa shape index (κ1) is 23.0. The summed E-state index contributed by atoms with van der Waals surface area (Å²) in [6.45, 7) is 8.96. The van der Waals surface area contributed by atoms with Crippen LogP contribution in [-0.4, -0.2) is 56.3 Å². The molecule has 33 heavy (non-hydrogen) atoms. The number of ether oxygens (including phenoxy) is 1. The quantitative estimate of drug-likeness (QED) is 0.537. The van der Waals surface area contributed by atoms with Crippen LogP contribution in [0.25, 0.3) is 16.8 Å². The summed E-state index contributed by atoms with van der Waals surface area (Å²) in [4.78, 5) is 23.2. The van der Waals surface area contributed by atoms with E-state index in [1.807, 2.05) is 51.5 Å². The molecule has 3 aromatic rings. The van der Waals surface area contributed by atoms with E-state index in [0.717, 1.165) is 40.6 Å². The molecule has 1 amide bonds. The van der Waals surface area contributed by atoms with Gasteiger partial charge in [0, 0.05) is 49.4 Å². The Labute approximate surface area is 195 Å². The second-order valence-electron chi connectivity index (χ2n) is 9.98. The minimum Gasteiger partial charge on any atom is -0.444 e. The van der Waals surface area contributed by atoms with Crippen molar-refractivity contribution in [3.63, 3.8) is 0 Å². The van der Waals surface area contributed by atoms with Gasteiger partial charge >= 0.3 is 6.09 Å². The van der Waals surface area contributed by atoms with Gasteiger partial charge in [0.1, 0.15) is 11.4 Å². The third-order valence-electron chi connectivity index (χ3n) is 5.95. The molecule has 1 fully saturated rings. The fourth-order valence-corrected chi connectivity index (χ4v) is 3.92. The van der Waals surface area contributed by atoms with E-state index in [0.29, 0.717) is 19.0 Å². The molecule has 3 aromatic heterocycles. The van der Waals surface area contributed by atoms with Gasteiger partial charge in [0.25, 0.3) is 0 Å². The van der Waals surface area contributed by atoms with Crippen molar-refractivity contribution >= 4 is 17.6 Å². The van der Waals surface area contributed by atoms with E-state index in [1.165, 1.54) is 12.8 Å². The number of hydrogen-bond donors (Lipinski definition) is 1. The van der Waals surface area contributed by atoms with E-state index in [4.69, 9.17) is 14.7 Å². The average molecular weight is 451 g/mol. The lowest BCUT2D eigenvalue weighted by atomic mass is 9.95. The first-order valence-corrected chi connectivity index (χ1v) is 11.7. The molecule has 0 aromatic carbocycles. The van der Waals surface area contributed by atoms with Crippen molar-refractivity contribution in [2.24, 2.45) is 11.8 Å². The maximum atomic E-state index is 12.1. The van der Waals surface area contributed by atoms with Crippen LogP contribution in [0.4, 0.5) is 10.6 Å². The van der Waals surface area contributed by atoms with Gasteiger partial charge in [-0.15, -0.1) is 0 Å². The number of hydrogen-bond acceptors (Lipinski definition) is 6. The lowest BCUT2D eigenvalue weighted by molar-refractivity contribution is 0.0305. The van der Waals surface area contributed by atoms with Crippen LogP contribution in [0.2, 0.25) is 0 Å². The fourth-order valence-electron chi connectivity index (χ4n) is 3.92. The Bertz CT molecular complexity index is 1120. The van der Waals surface area contributed by atoms with Crippen molar-refractivity contribution in [3.05, 3.63) is 42.5 Å². The summed E-state index contributed by atoms with van der Waals surface area (Å²) in [5.41, 5.74) is 3.45. The van der Waals surface area contributed by atoms with Crippen LogP contribution in [-0.2, 0) is 11.2 Å². The number of amides is 1. The lowest BCUT2D eigenvalue weighted by Gasteiger charge is -2.24. The van der Waals surface area contributed by atoms with Crippen molar-refractivity contribution in [3.8, 4) is 11.1 Å². The Hall–Kier alpha value is -3.16. The summed E-state index contributed by atoms with van der Waals surface area (Å²) in [7, 11) is 1.73. The molecule has 1 saturated carbocycles. The number of pyridine rings is 1. The third-order valence-corrected chi connectivity index (χ3v) is 5.95. The molecule has 1 aliphatic carbocycles. The van der Waals surface area contributed by atoms with E-state index in [2.05, 4.69) is 23.4 Å². The number of rotatable bonds is 8. The second kappa shape index (κ2) is 9.37. The van der Waals surface area contributed by atoms with Gasteiger partial charge in [-0.2, -0.15) is 5.10 Å². The summed E-state index contributed by atoms with van der Waals surface area (Å²) >= 11 is 0. The molecule has 8 heteroatoms. The van der Waals surface area contributed by atoms with Crippen molar-refractivity contribution in [1.29, 1.82) is 0 Å². The van der Waals surface area contributed by atoms with Gasteiger partial charge in [-0.25, -0.2) is 14.3 Å². The minimum absolute atomic E-state index is 0.338. The predicted molar refractivity (Wildman–Crippen MR) is 129 cm³/mol. The minimum atomic E-state index is -0.509. The van der Waals surface area contributed by atoms with Crippen molar-refractivity contribution in [1.82, 2.24) is 24.5 Å². The Morgan fingerprint density at radius 2 is 2.09 bits per heavy atom. The largest absolute Gasteiger partial charge is 0.444 e. The number of carbonyl (C=O) groups is 1. The van der Waals surface area contributed by atoms with Gasteiger partial charge in [0.15, 0.2) is 5.65 Å². The van der Waals surface area contributed by atoms with Gasteiger partial charge in [-0.1, -0.05) is 13.0 Å². The van der Waals surface area contributed by atoms with Gasteiger partial charge in [0.05, 0.1) is 6.20 Å². The molecule has 0 saturated heterocycles. The van der Waals surface area contributed by atoms with Gasteiger partial charge in [-0.3, -0.25) is 4.98 Å². The molecule has 8 nitrogen and oxygen atoms in total. The smallest absolute Gasteiger partial charge is 0.410 e. The Morgan fingerprint density at radius 1 is 1.30 bits per heavy atom. The monoisotopic (exact) mass is 450 g/mol.